The molecule has 0 saturated carbocycles. The zero-order valence-electron chi connectivity index (χ0n) is 10.3. The summed E-state index contributed by atoms with van der Waals surface area (Å²) in [5, 5.41) is 2.33. The summed E-state index contributed by atoms with van der Waals surface area (Å²) in [5.41, 5.74) is 6.23. The lowest BCUT2D eigenvalue weighted by Crippen LogP contribution is -2.35. The van der Waals surface area contributed by atoms with Gasteiger partial charge in [0, 0.05) is 13.5 Å². The molecule has 0 spiro atoms. The Morgan fingerprint density at radius 2 is 1.89 bits per heavy atom. The number of nitrogens with one attached hydrogen (secondary N) is 2. The van der Waals surface area contributed by atoms with Gasteiger partial charge in [0.1, 0.15) is 0 Å². The van der Waals surface area contributed by atoms with Gasteiger partial charge in [0.2, 0.25) is 15.9 Å². The van der Waals surface area contributed by atoms with Gasteiger partial charge < -0.3 is 11.1 Å². The van der Waals surface area contributed by atoms with Gasteiger partial charge >= 0.3 is 0 Å². The number of hydrogen-bond donors (Lipinski definition) is 3. The van der Waals surface area contributed by atoms with Gasteiger partial charge in [0.05, 0.1) is 16.4 Å². The van der Waals surface area contributed by atoms with E-state index in [-0.39, 0.29) is 11.4 Å². The van der Waals surface area contributed by atoms with Crippen molar-refractivity contribution in [1.82, 2.24) is 10.0 Å². The summed E-state index contributed by atoms with van der Waals surface area (Å²) >= 11 is 4.77. The first-order valence-corrected chi connectivity index (χ1v) is 7.32. The third kappa shape index (κ3) is 4.93. The molecule has 1 aromatic carbocycles. The smallest absolute Gasteiger partial charge is 0.241 e. The van der Waals surface area contributed by atoms with E-state index in [1.54, 1.807) is 12.1 Å². The van der Waals surface area contributed by atoms with Crippen LogP contribution in [0.1, 0.15) is 5.56 Å². The van der Waals surface area contributed by atoms with Crippen molar-refractivity contribution in [2.75, 3.05) is 13.6 Å². The molecule has 0 heterocycles. The number of amides is 1. The van der Waals surface area contributed by atoms with E-state index < -0.39 is 15.9 Å². The molecule has 0 aliphatic heterocycles. The molecule has 6 nitrogen and oxygen atoms in total. The molecule has 0 saturated heterocycles. The summed E-state index contributed by atoms with van der Waals surface area (Å²) in [5.74, 6) is -0.409. The second-order valence-electron chi connectivity index (χ2n) is 3.78. The van der Waals surface area contributed by atoms with Crippen LogP contribution in [0.3, 0.4) is 0 Å². The number of hydrogen-bond acceptors (Lipinski definition) is 4. The topological polar surface area (TPSA) is 101 Å². The second kappa shape index (κ2) is 6.60. The number of thiocarbonyl (C=S) groups is 1. The fourth-order valence-electron chi connectivity index (χ4n) is 1.32. The lowest BCUT2D eigenvalue weighted by Gasteiger charge is -2.07. The Kier molecular flexibility index (Phi) is 5.40. The maximum Gasteiger partial charge on any atom is 0.241 e. The summed E-state index contributed by atoms with van der Waals surface area (Å²) in [4.78, 5) is 11.4. The van der Waals surface area contributed by atoms with Crippen molar-refractivity contribution >= 4 is 33.1 Å². The normalized spacial score (nSPS) is 11.0. The molecule has 8 heteroatoms. The molecule has 1 amide bonds. The van der Waals surface area contributed by atoms with Gasteiger partial charge in [-0.1, -0.05) is 24.4 Å². The minimum Gasteiger partial charge on any atom is -0.393 e. The van der Waals surface area contributed by atoms with Crippen LogP contribution >= 0.6 is 12.2 Å². The Labute approximate surface area is 117 Å². The zero-order valence-corrected chi connectivity index (χ0v) is 12.0. The number of carbonyl (C=O) groups excluding carboxylic acids is 1. The third-order valence-electron chi connectivity index (χ3n) is 2.31. The highest BCUT2D eigenvalue weighted by molar-refractivity contribution is 7.89. The minimum absolute atomic E-state index is 0.0862. The van der Waals surface area contributed by atoms with Crippen molar-refractivity contribution in [2.24, 2.45) is 5.73 Å². The molecule has 0 aromatic heterocycles. The molecular weight excluding hydrogens is 286 g/mol. The lowest BCUT2D eigenvalue weighted by molar-refractivity contribution is -0.119. The van der Waals surface area contributed by atoms with E-state index in [0.717, 1.165) is 5.56 Å². The Hall–Kier alpha value is -1.51. The number of nitrogens with two attached hydrogens (primary N) is 1. The van der Waals surface area contributed by atoms with E-state index in [1.165, 1.54) is 19.2 Å². The van der Waals surface area contributed by atoms with E-state index >= 15 is 0 Å². The van der Waals surface area contributed by atoms with Crippen molar-refractivity contribution in [2.45, 2.75) is 11.3 Å². The van der Waals surface area contributed by atoms with Gasteiger partial charge in [-0.15, -0.1) is 0 Å². The quantitative estimate of drug-likeness (QED) is 0.617. The molecule has 0 bridgehead atoms. The predicted octanol–water partition coefficient (Wildman–Crippen LogP) is -0.460. The highest BCUT2D eigenvalue weighted by Gasteiger charge is 2.14. The van der Waals surface area contributed by atoms with Crippen LogP contribution in [0, 0.1) is 0 Å². The number of rotatable bonds is 6. The van der Waals surface area contributed by atoms with E-state index in [2.05, 4.69) is 10.0 Å². The van der Waals surface area contributed by atoms with Crippen LogP contribution in [-0.4, -0.2) is 32.9 Å². The van der Waals surface area contributed by atoms with Crippen LogP contribution in [-0.2, 0) is 21.2 Å². The van der Waals surface area contributed by atoms with Gasteiger partial charge in [0.15, 0.2) is 0 Å². The molecule has 0 unspecified atom stereocenters. The Morgan fingerprint density at radius 1 is 1.32 bits per heavy atom. The maximum atomic E-state index is 11.8. The van der Waals surface area contributed by atoms with Crippen molar-refractivity contribution < 1.29 is 13.2 Å². The molecule has 0 aliphatic rings. The Balaban J connectivity index is 2.79. The minimum atomic E-state index is -3.69. The van der Waals surface area contributed by atoms with Crippen LogP contribution < -0.4 is 15.8 Å². The SMILES string of the molecule is CNC(=O)CNS(=O)(=O)c1ccc(CC(N)=S)cc1. The summed E-state index contributed by atoms with van der Waals surface area (Å²) in [7, 11) is -2.25. The highest BCUT2D eigenvalue weighted by Crippen LogP contribution is 2.10. The molecule has 0 atom stereocenters. The van der Waals surface area contributed by atoms with Crippen molar-refractivity contribution in [3.8, 4) is 0 Å². The van der Waals surface area contributed by atoms with Crippen LogP contribution in [0.25, 0.3) is 0 Å². The summed E-state index contributed by atoms with van der Waals surface area (Å²) in [6.45, 7) is -0.298. The molecule has 104 valence electrons. The summed E-state index contributed by atoms with van der Waals surface area (Å²) in [6.07, 6.45) is 0.418. The van der Waals surface area contributed by atoms with Crippen LogP contribution in [0.15, 0.2) is 29.2 Å². The largest absolute Gasteiger partial charge is 0.393 e. The van der Waals surface area contributed by atoms with Gasteiger partial charge in [-0.2, -0.15) is 0 Å². The summed E-state index contributed by atoms with van der Waals surface area (Å²) < 4.78 is 25.9. The van der Waals surface area contributed by atoms with E-state index in [1.807, 2.05) is 0 Å². The van der Waals surface area contributed by atoms with Crippen molar-refractivity contribution in [1.29, 1.82) is 0 Å². The first kappa shape index (κ1) is 15.5. The lowest BCUT2D eigenvalue weighted by atomic mass is 10.1. The highest BCUT2D eigenvalue weighted by atomic mass is 32.2. The molecule has 0 radical (unpaired) electrons. The predicted molar refractivity (Wildman–Crippen MR) is 76.2 cm³/mol. The first-order chi connectivity index (χ1) is 8.85. The summed E-state index contributed by atoms with van der Waals surface area (Å²) in [6, 6.07) is 6.15. The third-order valence-corrected chi connectivity index (χ3v) is 3.88. The Bertz CT molecular complexity index is 567. The molecule has 1 aromatic rings. The molecule has 0 fully saturated rings. The van der Waals surface area contributed by atoms with Crippen molar-refractivity contribution in [3.05, 3.63) is 29.8 Å². The van der Waals surface area contributed by atoms with Gasteiger partial charge in [-0.3, -0.25) is 4.79 Å². The van der Waals surface area contributed by atoms with Crippen LogP contribution in [0.2, 0.25) is 0 Å². The maximum absolute atomic E-state index is 11.8. The Morgan fingerprint density at radius 3 is 2.37 bits per heavy atom. The number of carbonyl (C=O) groups is 1. The van der Waals surface area contributed by atoms with Crippen LogP contribution in [0.4, 0.5) is 0 Å². The fraction of sp³-hybridized carbons (Fsp3) is 0.273. The van der Waals surface area contributed by atoms with Gasteiger partial charge in [-0.05, 0) is 17.7 Å². The van der Waals surface area contributed by atoms with Crippen molar-refractivity contribution in [3.63, 3.8) is 0 Å². The van der Waals surface area contributed by atoms with E-state index in [4.69, 9.17) is 18.0 Å². The average Bonchev–Trinajstić information content (AvgIpc) is 2.36. The molecule has 4 N–H and O–H groups in total. The second-order valence-corrected chi connectivity index (χ2v) is 6.08. The molecular formula is C11H15N3O3S2. The van der Waals surface area contributed by atoms with E-state index in [9.17, 15) is 13.2 Å². The molecule has 0 aliphatic carbocycles. The zero-order chi connectivity index (χ0) is 14.5. The fourth-order valence-corrected chi connectivity index (χ4v) is 2.47. The number of likely N-dealkylation sites (N-methyl/N-ethyl adjacent to an activating group) is 1. The van der Waals surface area contributed by atoms with Gasteiger partial charge in [-0.25, -0.2) is 13.1 Å². The van der Waals surface area contributed by atoms with Gasteiger partial charge in [0.25, 0.3) is 0 Å². The first-order valence-electron chi connectivity index (χ1n) is 5.42. The monoisotopic (exact) mass is 301 g/mol. The molecule has 1 rings (SSSR count). The standard InChI is InChI=1S/C11H15N3O3S2/c1-13-11(15)7-14-19(16,17)9-4-2-8(3-5-9)6-10(12)18/h2-5,14H,6-7H2,1H3,(H2,12,18)(H,13,15). The van der Waals surface area contributed by atoms with Crippen LogP contribution in [0.5, 0.6) is 0 Å². The number of sulfonamides is 1. The average molecular weight is 301 g/mol. The molecule has 19 heavy (non-hydrogen) atoms. The number of benzene rings is 1. The van der Waals surface area contributed by atoms with E-state index in [0.29, 0.717) is 11.4 Å².